The third kappa shape index (κ3) is 5.81. The molecule has 9 nitrogen and oxygen atoms in total. The van der Waals surface area contributed by atoms with Gasteiger partial charge in [0, 0.05) is 6.54 Å². The van der Waals surface area contributed by atoms with Crippen LogP contribution in [0.4, 0.5) is 9.59 Å². The lowest BCUT2D eigenvalue weighted by molar-refractivity contribution is -0.152. The molecule has 0 saturated carbocycles. The third-order valence-corrected chi connectivity index (χ3v) is 4.83. The minimum Gasteiger partial charge on any atom is -0.459 e. The van der Waals surface area contributed by atoms with E-state index >= 15 is 0 Å². The number of likely N-dealkylation sites (tertiary alicyclic amines) is 1. The van der Waals surface area contributed by atoms with Crippen molar-refractivity contribution in [3.8, 4) is 0 Å². The van der Waals surface area contributed by atoms with Crippen LogP contribution in [-0.4, -0.2) is 41.5 Å². The summed E-state index contributed by atoms with van der Waals surface area (Å²) in [5.74, 6) is -2.16. The summed E-state index contributed by atoms with van der Waals surface area (Å²) in [7, 11) is 0. The summed E-state index contributed by atoms with van der Waals surface area (Å²) in [4.78, 5) is 49.9. The molecular formula is C22H23N3O6. The van der Waals surface area contributed by atoms with Crippen LogP contribution >= 0.6 is 0 Å². The van der Waals surface area contributed by atoms with E-state index in [1.54, 1.807) is 48.5 Å². The Kier molecular flexibility index (Phi) is 7.21. The predicted octanol–water partition coefficient (Wildman–Crippen LogP) is 1.95. The molecule has 1 aliphatic heterocycles. The number of imide groups is 1. The smallest absolute Gasteiger partial charge is 0.417 e. The van der Waals surface area contributed by atoms with Gasteiger partial charge in [-0.2, -0.15) is 0 Å². The van der Waals surface area contributed by atoms with Gasteiger partial charge in [-0.15, -0.1) is 0 Å². The lowest BCUT2D eigenvalue weighted by atomic mass is 10.1. The van der Waals surface area contributed by atoms with Crippen molar-refractivity contribution >= 4 is 24.0 Å². The molecule has 9 heteroatoms. The summed E-state index contributed by atoms with van der Waals surface area (Å²) in [5.41, 5.74) is 6.57. The highest BCUT2D eigenvalue weighted by atomic mass is 16.6. The molecule has 0 spiro atoms. The van der Waals surface area contributed by atoms with E-state index in [2.05, 4.69) is 5.32 Å². The highest BCUT2D eigenvalue weighted by Gasteiger charge is 2.48. The van der Waals surface area contributed by atoms with E-state index in [1.165, 1.54) is 0 Å². The van der Waals surface area contributed by atoms with E-state index in [4.69, 9.17) is 15.2 Å². The van der Waals surface area contributed by atoms with Gasteiger partial charge >= 0.3 is 18.1 Å². The number of nitrogens with two attached hydrogens (primary N) is 1. The number of hydrogen-bond donors (Lipinski definition) is 2. The number of rotatable bonds is 7. The Balaban J connectivity index is 1.69. The summed E-state index contributed by atoms with van der Waals surface area (Å²) in [5, 5.41) is 2.34. The zero-order chi connectivity index (χ0) is 22.2. The zero-order valence-corrected chi connectivity index (χ0v) is 16.7. The molecule has 31 heavy (non-hydrogen) atoms. The Labute approximate surface area is 179 Å². The Morgan fingerprint density at radius 2 is 1.48 bits per heavy atom. The van der Waals surface area contributed by atoms with E-state index in [0.29, 0.717) is 0 Å². The fraction of sp³-hybridized carbons (Fsp3) is 0.273. The molecule has 1 aliphatic rings. The molecule has 0 bridgehead atoms. The largest absolute Gasteiger partial charge is 0.459 e. The zero-order valence-electron chi connectivity index (χ0n) is 16.7. The van der Waals surface area contributed by atoms with Crippen molar-refractivity contribution in [2.75, 3.05) is 6.54 Å². The number of carbonyl (C=O) groups is 4. The van der Waals surface area contributed by atoms with Gasteiger partial charge in [0.05, 0.1) is 5.92 Å². The molecule has 0 aliphatic carbocycles. The minimum absolute atomic E-state index is 0.00146. The van der Waals surface area contributed by atoms with Gasteiger partial charge in [-0.3, -0.25) is 4.79 Å². The third-order valence-electron chi connectivity index (χ3n) is 4.83. The normalized spacial score (nSPS) is 17.8. The van der Waals surface area contributed by atoms with Crippen LogP contribution in [0.5, 0.6) is 0 Å². The second-order valence-corrected chi connectivity index (χ2v) is 7.04. The molecule has 2 aromatic rings. The van der Waals surface area contributed by atoms with Crippen LogP contribution in [0.25, 0.3) is 0 Å². The number of urea groups is 1. The van der Waals surface area contributed by atoms with Gasteiger partial charge in [0.15, 0.2) is 0 Å². The summed E-state index contributed by atoms with van der Waals surface area (Å²) in [6.07, 6.45) is -0.954. The first kappa shape index (κ1) is 21.8. The summed E-state index contributed by atoms with van der Waals surface area (Å²) in [6.45, 7) is -0.153. The SMILES string of the molecule is NC(=O)NC[C@H]1C[C@@H](C(=O)OCc2ccccc2)N(C(=O)OCc2ccccc2)C1=O. The van der Waals surface area contributed by atoms with Crippen molar-refractivity contribution in [2.24, 2.45) is 11.7 Å². The minimum atomic E-state index is -1.15. The first-order chi connectivity index (χ1) is 15.0. The topological polar surface area (TPSA) is 128 Å². The maximum absolute atomic E-state index is 12.8. The van der Waals surface area contributed by atoms with Crippen LogP contribution in [0, 0.1) is 5.92 Å². The quantitative estimate of drug-likeness (QED) is 0.653. The van der Waals surface area contributed by atoms with Crippen molar-refractivity contribution in [2.45, 2.75) is 25.7 Å². The van der Waals surface area contributed by atoms with E-state index in [0.717, 1.165) is 16.0 Å². The molecule has 0 unspecified atom stereocenters. The number of nitrogens with one attached hydrogen (secondary N) is 1. The first-order valence-electron chi connectivity index (χ1n) is 9.73. The molecule has 3 rings (SSSR count). The number of benzene rings is 2. The predicted molar refractivity (Wildman–Crippen MR) is 109 cm³/mol. The van der Waals surface area contributed by atoms with Crippen LogP contribution in [0.3, 0.4) is 0 Å². The van der Waals surface area contributed by atoms with Crippen LogP contribution in [0.2, 0.25) is 0 Å². The molecule has 1 fully saturated rings. The molecule has 0 radical (unpaired) electrons. The Morgan fingerprint density at radius 1 is 0.935 bits per heavy atom. The van der Waals surface area contributed by atoms with Gasteiger partial charge in [-0.05, 0) is 17.5 Å². The van der Waals surface area contributed by atoms with Gasteiger partial charge in [0.25, 0.3) is 0 Å². The van der Waals surface area contributed by atoms with Crippen molar-refractivity contribution in [1.82, 2.24) is 10.2 Å². The summed E-state index contributed by atoms with van der Waals surface area (Å²) in [6, 6.07) is 16.0. The second kappa shape index (κ2) is 10.2. The molecule has 2 atom stereocenters. The molecule has 162 valence electrons. The molecule has 3 N–H and O–H groups in total. The van der Waals surface area contributed by atoms with E-state index in [9.17, 15) is 19.2 Å². The summed E-state index contributed by atoms with van der Waals surface area (Å²) < 4.78 is 10.6. The number of esters is 1. The van der Waals surface area contributed by atoms with Crippen molar-refractivity contribution in [3.63, 3.8) is 0 Å². The van der Waals surface area contributed by atoms with Gasteiger partial charge < -0.3 is 20.5 Å². The lowest BCUT2D eigenvalue weighted by Crippen LogP contribution is -2.44. The van der Waals surface area contributed by atoms with Crippen molar-refractivity contribution in [3.05, 3.63) is 71.8 Å². The highest BCUT2D eigenvalue weighted by molar-refractivity contribution is 6.00. The number of ether oxygens (including phenoxy) is 2. The fourth-order valence-corrected chi connectivity index (χ4v) is 3.25. The first-order valence-corrected chi connectivity index (χ1v) is 9.73. The number of primary amides is 1. The molecule has 1 heterocycles. The molecular weight excluding hydrogens is 402 g/mol. The summed E-state index contributed by atoms with van der Waals surface area (Å²) >= 11 is 0. The van der Waals surface area contributed by atoms with Gasteiger partial charge in [-0.25, -0.2) is 19.3 Å². The van der Waals surface area contributed by atoms with Crippen LogP contribution < -0.4 is 11.1 Å². The monoisotopic (exact) mass is 425 g/mol. The molecule has 0 aromatic heterocycles. The fourth-order valence-electron chi connectivity index (χ4n) is 3.25. The van der Waals surface area contributed by atoms with E-state index in [1.807, 2.05) is 12.1 Å². The van der Waals surface area contributed by atoms with Crippen LogP contribution in [0.15, 0.2) is 60.7 Å². The number of carbonyl (C=O) groups excluding carboxylic acids is 4. The second-order valence-electron chi connectivity index (χ2n) is 7.04. The average Bonchev–Trinajstić information content (AvgIpc) is 3.12. The van der Waals surface area contributed by atoms with Gasteiger partial charge in [0.1, 0.15) is 19.3 Å². The van der Waals surface area contributed by atoms with Gasteiger partial charge in [-0.1, -0.05) is 60.7 Å². The molecule has 1 saturated heterocycles. The average molecular weight is 425 g/mol. The number of hydrogen-bond acceptors (Lipinski definition) is 6. The maximum Gasteiger partial charge on any atom is 0.417 e. The highest BCUT2D eigenvalue weighted by Crippen LogP contribution is 2.27. The maximum atomic E-state index is 12.8. The Morgan fingerprint density at radius 3 is 2.03 bits per heavy atom. The van der Waals surface area contributed by atoms with Gasteiger partial charge in [0.2, 0.25) is 5.91 Å². The van der Waals surface area contributed by atoms with Crippen molar-refractivity contribution in [1.29, 1.82) is 0 Å². The van der Waals surface area contributed by atoms with Crippen LogP contribution in [0.1, 0.15) is 17.5 Å². The Bertz CT molecular complexity index is 935. The molecule has 4 amide bonds. The van der Waals surface area contributed by atoms with E-state index in [-0.39, 0.29) is 26.2 Å². The van der Waals surface area contributed by atoms with E-state index < -0.39 is 36.0 Å². The standard InChI is InChI=1S/C22H23N3O6/c23-21(28)24-12-17-11-18(20(27)30-13-15-7-3-1-4-8-15)25(19(17)26)22(29)31-14-16-9-5-2-6-10-16/h1-10,17-18H,11-14H2,(H3,23,24,28)/t17-,18+/m1/s1. The number of amides is 4. The van der Waals surface area contributed by atoms with Crippen LogP contribution in [-0.2, 0) is 32.3 Å². The number of nitrogens with zero attached hydrogens (tertiary/aromatic N) is 1. The lowest BCUT2D eigenvalue weighted by Gasteiger charge is -2.21. The Hall–Kier alpha value is -3.88. The molecule has 2 aromatic carbocycles. The van der Waals surface area contributed by atoms with Crippen molar-refractivity contribution < 1.29 is 28.7 Å².